The van der Waals surface area contributed by atoms with Crippen LogP contribution in [-0.2, 0) is 9.53 Å². The Labute approximate surface area is 76.9 Å². The van der Waals surface area contributed by atoms with E-state index in [4.69, 9.17) is 9.94 Å². The van der Waals surface area contributed by atoms with Crippen molar-refractivity contribution < 1.29 is 14.7 Å². The van der Waals surface area contributed by atoms with Crippen molar-refractivity contribution in [3.63, 3.8) is 0 Å². The minimum atomic E-state index is -0.201. The molecular formula is C9H13NO3. The Morgan fingerprint density at radius 2 is 2.54 bits per heavy atom. The standard InChI is InChI=1S/C9H13NO3/c1-2-13-9(11)8-4-3-7(5-8)6-10-12/h3-4,6-8,12H,2,5H2,1H3/b10-6-/t7-,8-/m0/s1. The molecule has 72 valence electrons. The van der Waals surface area contributed by atoms with Crippen molar-refractivity contribution in [3.8, 4) is 0 Å². The number of oxime groups is 1. The van der Waals surface area contributed by atoms with Gasteiger partial charge in [0.2, 0.25) is 0 Å². The van der Waals surface area contributed by atoms with Crippen LogP contribution in [0.1, 0.15) is 13.3 Å². The number of carbonyl (C=O) groups excluding carboxylic acids is 1. The van der Waals surface area contributed by atoms with Gasteiger partial charge in [0.1, 0.15) is 0 Å². The quantitative estimate of drug-likeness (QED) is 0.235. The van der Waals surface area contributed by atoms with Crippen LogP contribution in [0.2, 0.25) is 0 Å². The molecule has 2 atom stereocenters. The van der Waals surface area contributed by atoms with Crippen molar-refractivity contribution >= 4 is 12.2 Å². The first-order valence-electron chi connectivity index (χ1n) is 4.30. The summed E-state index contributed by atoms with van der Waals surface area (Å²) in [5.41, 5.74) is 0. The van der Waals surface area contributed by atoms with Crippen LogP contribution in [0.4, 0.5) is 0 Å². The van der Waals surface area contributed by atoms with Crippen LogP contribution in [0.3, 0.4) is 0 Å². The van der Waals surface area contributed by atoms with Crippen LogP contribution < -0.4 is 0 Å². The van der Waals surface area contributed by atoms with Gasteiger partial charge in [0.05, 0.1) is 18.7 Å². The molecule has 0 amide bonds. The van der Waals surface area contributed by atoms with Crippen LogP contribution in [0.5, 0.6) is 0 Å². The monoisotopic (exact) mass is 183 g/mol. The molecule has 0 fully saturated rings. The third-order valence-electron chi connectivity index (χ3n) is 1.96. The van der Waals surface area contributed by atoms with Gasteiger partial charge in [-0.25, -0.2) is 0 Å². The van der Waals surface area contributed by atoms with Crippen molar-refractivity contribution in [2.24, 2.45) is 17.0 Å². The minimum absolute atomic E-state index is 0.0550. The molecule has 0 saturated carbocycles. The number of ether oxygens (including phenoxy) is 1. The highest BCUT2D eigenvalue weighted by Crippen LogP contribution is 2.23. The normalized spacial score (nSPS) is 26.8. The summed E-state index contributed by atoms with van der Waals surface area (Å²) in [4.78, 5) is 11.2. The lowest BCUT2D eigenvalue weighted by Gasteiger charge is -2.07. The second-order valence-electron chi connectivity index (χ2n) is 2.91. The van der Waals surface area contributed by atoms with Gasteiger partial charge in [0, 0.05) is 5.92 Å². The maximum atomic E-state index is 11.2. The van der Waals surface area contributed by atoms with Crippen LogP contribution in [-0.4, -0.2) is 24.0 Å². The molecule has 1 aliphatic carbocycles. The van der Waals surface area contributed by atoms with Crippen molar-refractivity contribution in [1.29, 1.82) is 0 Å². The Hall–Kier alpha value is -1.32. The third-order valence-corrected chi connectivity index (χ3v) is 1.96. The van der Waals surface area contributed by atoms with Crippen LogP contribution in [0.15, 0.2) is 17.3 Å². The molecule has 1 aliphatic rings. The molecule has 0 aromatic heterocycles. The lowest BCUT2D eigenvalue weighted by atomic mass is 10.0. The first-order chi connectivity index (χ1) is 6.27. The molecule has 0 aromatic rings. The molecule has 0 aliphatic heterocycles. The first-order valence-corrected chi connectivity index (χ1v) is 4.30. The number of allylic oxidation sites excluding steroid dienone is 1. The van der Waals surface area contributed by atoms with E-state index in [2.05, 4.69) is 5.16 Å². The van der Waals surface area contributed by atoms with Gasteiger partial charge >= 0.3 is 5.97 Å². The largest absolute Gasteiger partial charge is 0.466 e. The molecule has 1 rings (SSSR count). The zero-order valence-electron chi connectivity index (χ0n) is 7.51. The summed E-state index contributed by atoms with van der Waals surface area (Å²) in [7, 11) is 0. The van der Waals surface area contributed by atoms with Gasteiger partial charge in [0.15, 0.2) is 0 Å². The van der Waals surface area contributed by atoms with Crippen LogP contribution in [0.25, 0.3) is 0 Å². The number of carbonyl (C=O) groups is 1. The van der Waals surface area contributed by atoms with E-state index in [1.807, 2.05) is 6.08 Å². The zero-order chi connectivity index (χ0) is 9.68. The average molecular weight is 183 g/mol. The smallest absolute Gasteiger partial charge is 0.312 e. The fourth-order valence-corrected chi connectivity index (χ4v) is 1.35. The number of hydrogen-bond donors (Lipinski definition) is 1. The van der Waals surface area contributed by atoms with Crippen LogP contribution >= 0.6 is 0 Å². The molecule has 0 saturated heterocycles. The molecule has 1 N–H and O–H groups in total. The van der Waals surface area contributed by atoms with Gasteiger partial charge in [-0.1, -0.05) is 12.2 Å². The second-order valence-corrected chi connectivity index (χ2v) is 2.91. The van der Waals surface area contributed by atoms with E-state index >= 15 is 0 Å². The van der Waals surface area contributed by atoms with E-state index in [1.54, 1.807) is 13.0 Å². The Morgan fingerprint density at radius 3 is 3.15 bits per heavy atom. The van der Waals surface area contributed by atoms with Crippen molar-refractivity contribution in [2.45, 2.75) is 13.3 Å². The molecule has 0 heterocycles. The van der Waals surface area contributed by atoms with Gasteiger partial charge in [-0.15, -0.1) is 5.16 Å². The number of esters is 1. The summed E-state index contributed by atoms with van der Waals surface area (Å²) in [6, 6.07) is 0. The van der Waals surface area contributed by atoms with E-state index in [1.165, 1.54) is 6.21 Å². The first kappa shape index (κ1) is 9.77. The number of nitrogens with zero attached hydrogens (tertiary/aromatic N) is 1. The third kappa shape index (κ3) is 2.57. The SMILES string of the molecule is CCOC(=O)[C@H]1C=C[C@H](/C=N\O)C1. The molecule has 0 radical (unpaired) electrons. The molecule has 13 heavy (non-hydrogen) atoms. The van der Waals surface area contributed by atoms with E-state index in [-0.39, 0.29) is 17.8 Å². The van der Waals surface area contributed by atoms with E-state index < -0.39 is 0 Å². The number of rotatable bonds is 3. The zero-order valence-corrected chi connectivity index (χ0v) is 7.51. The van der Waals surface area contributed by atoms with Gasteiger partial charge < -0.3 is 9.94 Å². The van der Waals surface area contributed by atoms with Gasteiger partial charge in [-0.3, -0.25) is 4.79 Å². The summed E-state index contributed by atoms with van der Waals surface area (Å²) in [5, 5.41) is 11.2. The molecule has 0 bridgehead atoms. The molecule has 4 heteroatoms. The Bertz CT molecular complexity index is 235. The fraction of sp³-hybridized carbons (Fsp3) is 0.556. The Kier molecular flexibility index (Phi) is 3.49. The summed E-state index contributed by atoms with van der Waals surface area (Å²) in [6.45, 7) is 2.19. The molecule has 0 aromatic carbocycles. The van der Waals surface area contributed by atoms with Crippen molar-refractivity contribution in [3.05, 3.63) is 12.2 Å². The number of hydrogen-bond acceptors (Lipinski definition) is 4. The predicted molar refractivity (Wildman–Crippen MR) is 47.6 cm³/mol. The van der Waals surface area contributed by atoms with Crippen molar-refractivity contribution in [2.75, 3.05) is 6.61 Å². The van der Waals surface area contributed by atoms with Gasteiger partial charge in [-0.2, -0.15) is 0 Å². The second kappa shape index (κ2) is 4.64. The lowest BCUT2D eigenvalue weighted by Crippen LogP contribution is -2.15. The van der Waals surface area contributed by atoms with Crippen molar-refractivity contribution in [1.82, 2.24) is 0 Å². The Morgan fingerprint density at radius 1 is 1.77 bits per heavy atom. The fourth-order valence-electron chi connectivity index (χ4n) is 1.35. The maximum Gasteiger partial charge on any atom is 0.312 e. The minimum Gasteiger partial charge on any atom is -0.466 e. The lowest BCUT2D eigenvalue weighted by molar-refractivity contribution is -0.146. The van der Waals surface area contributed by atoms with E-state index in [0.29, 0.717) is 13.0 Å². The maximum absolute atomic E-state index is 11.2. The molecular weight excluding hydrogens is 170 g/mol. The highest BCUT2D eigenvalue weighted by atomic mass is 16.5. The topological polar surface area (TPSA) is 58.9 Å². The summed E-state index contributed by atoms with van der Waals surface area (Å²) in [6.07, 6.45) is 5.70. The van der Waals surface area contributed by atoms with Crippen LogP contribution in [0, 0.1) is 11.8 Å². The average Bonchev–Trinajstić information content (AvgIpc) is 2.54. The van der Waals surface area contributed by atoms with E-state index in [0.717, 1.165) is 0 Å². The molecule has 0 spiro atoms. The summed E-state index contributed by atoms with van der Waals surface area (Å²) < 4.78 is 4.86. The molecule has 0 unspecified atom stereocenters. The highest BCUT2D eigenvalue weighted by Gasteiger charge is 2.24. The summed E-state index contributed by atoms with van der Waals surface area (Å²) >= 11 is 0. The predicted octanol–water partition coefficient (Wildman–Crippen LogP) is 1.20. The summed E-state index contributed by atoms with van der Waals surface area (Å²) in [5.74, 6) is -0.324. The Balaban J connectivity index is 2.42. The van der Waals surface area contributed by atoms with Gasteiger partial charge in [0.25, 0.3) is 0 Å². The highest BCUT2D eigenvalue weighted by molar-refractivity contribution is 5.77. The molecule has 4 nitrogen and oxygen atoms in total. The van der Waals surface area contributed by atoms with E-state index in [9.17, 15) is 4.79 Å². The van der Waals surface area contributed by atoms with Gasteiger partial charge in [-0.05, 0) is 13.3 Å².